The van der Waals surface area contributed by atoms with Gasteiger partial charge in [-0.05, 0) is 67.8 Å². The predicted molar refractivity (Wildman–Crippen MR) is 108 cm³/mol. The molecule has 0 fully saturated rings. The zero-order valence-electron chi connectivity index (χ0n) is 15.6. The summed E-state index contributed by atoms with van der Waals surface area (Å²) in [5, 5.41) is 11.2. The van der Waals surface area contributed by atoms with Gasteiger partial charge >= 0.3 is 0 Å². The highest BCUT2D eigenvalue weighted by Crippen LogP contribution is 2.31. The fraction of sp³-hybridized carbons (Fsp3) is 0.182. The van der Waals surface area contributed by atoms with Crippen molar-refractivity contribution in [2.45, 2.75) is 19.8 Å². The quantitative estimate of drug-likeness (QED) is 0.700. The highest BCUT2D eigenvalue weighted by atomic mass is 16.2. The van der Waals surface area contributed by atoms with Crippen LogP contribution in [0.4, 0.5) is 17.2 Å². The van der Waals surface area contributed by atoms with Crippen molar-refractivity contribution in [2.24, 2.45) is 0 Å². The zero-order chi connectivity index (χ0) is 19.5. The average molecular weight is 372 g/mol. The topological polar surface area (TPSA) is 75.2 Å². The molecule has 0 saturated heterocycles. The molecule has 0 unspecified atom stereocenters. The molecule has 1 N–H and O–H groups in total. The summed E-state index contributed by atoms with van der Waals surface area (Å²) in [5.41, 5.74) is 3.89. The molecular formula is C22H20N4O2. The number of fused-ring (bicyclic) bond motifs is 1. The second-order valence-electron chi connectivity index (χ2n) is 6.75. The molecule has 0 radical (unpaired) electrons. The minimum Gasteiger partial charge on any atom is -0.325 e. The van der Waals surface area contributed by atoms with Gasteiger partial charge in [0.15, 0.2) is 17.3 Å². The van der Waals surface area contributed by atoms with Gasteiger partial charge in [0.2, 0.25) is 0 Å². The Labute approximate surface area is 163 Å². The van der Waals surface area contributed by atoms with E-state index in [2.05, 4.69) is 32.5 Å². The van der Waals surface area contributed by atoms with E-state index in [0.717, 1.165) is 30.9 Å². The van der Waals surface area contributed by atoms with Gasteiger partial charge in [-0.1, -0.05) is 18.2 Å². The number of ketones is 1. The minimum atomic E-state index is -0.339. The third-order valence-corrected chi connectivity index (χ3v) is 4.82. The van der Waals surface area contributed by atoms with Crippen LogP contribution < -0.4 is 10.2 Å². The number of amides is 1. The lowest BCUT2D eigenvalue weighted by molar-refractivity contribution is 0.101. The molecule has 0 saturated carbocycles. The number of Topliss-reactive ketones (excluding diaryl/α,β-unsaturated/α-hetero) is 1. The Balaban J connectivity index is 1.49. The molecule has 1 aliphatic heterocycles. The van der Waals surface area contributed by atoms with E-state index in [1.165, 1.54) is 12.5 Å². The van der Waals surface area contributed by atoms with E-state index in [1.807, 2.05) is 18.2 Å². The van der Waals surface area contributed by atoms with Gasteiger partial charge in [0.25, 0.3) is 5.91 Å². The van der Waals surface area contributed by atoms with Crippen molar-refractivity contribution in [2.75, 3.05) is 16.8 Å². The van der Waals surface area contributed by atoms with E-state index in [4.69, 9.17) is 0 Å². The highest BCUT2D eigenvalue weighted by molar-refractivity contribution is 6.03. The van der Waals surface area contributed by atoms with E-state index in [1.54, 1.807) is 30.3 Å². The van der Waals surface area contributed by atoms with Crippen LogP contribution in [0.25, 0.3) is 0 Å². The average Bonchev–Trinajstić information content (AvgIpc) is 2.74. The first-order valence-electron chi connectivity index (χ1n) is 9.23. The number of rotatable bonds is 4. The second-order valence-corrected chi connectivity index (χ2v) is 6.75. The number of benzene rings is 2. The number of aromatic nitrogens is 2. The maximum absolute atomic E-state index is 12.4. The molecule has 0 atom stereocenters. The Bertz CT molecular complexity index is 1010. The molecule has 6 nitrogen and oxygen atoms in total. The van der Waals surface area contributed by atoms with E-state index in [9.17, 15) is 9.59 Å². The molecule has 3 aromatic rings. The molecule has 0 spiro atoms. The van der Waals surface area contributed by atoms with Crippen LogP contribution in [-0.2, 0) is 6.42 Å². The van der Waals surface area contributed by atoms with Crippen molar-refractivity contribution in [3.63, 3.8) is 0 Å². The normalized spacial score (nSPS) is 13.0. The lowest BCUT2D eigenvalue weighted by Gasteiger charge is -2.29. The molecule has 28 heavy (non-hydrogen) atoms. The molecule has 140 valence electrons. The minimum absolute atomic E-state index is 0.0152. The van der Waals surface area contributed by atoms with Crippen LogP contribution in [0.2, 0.25) is 0 Å². The largest absolute Gasteiger partial charge is 0.325 e. The maximum atomic E-state index is 12.4. The van der Waals surface area contributed by atoms with Crippen molar-refractivity contribution < 1.29 is 9.59 Å². The highest BCUT2D eigenvalue weighted by Gasteiger charge is 2.19. The first-order valence-corrected chi connectivity index (χ1v) is 9.23. The van der Waals surface area contributed by atoms with Gasteiger partial charge in [0.05, 0.1) is 0 Å². The summed E-state index contributed by atoms with van der Waals surface area (Å²) in [7, 11) is 0. The third kappa shape index (κ3) is 3.62. The van der Waals surface area contributed by atoms with Crippen LogP contribution in [0.5, 0.6) is 0 Å². The smallest absolute Gasteiger partial charge is 0.276 e. The Morgan fingerprint density at radius 2 is 1.75 bits per heavy atom. The van der Waals surface area contributed by atoms with Gasteiger partial charge in [-0.25, -0.2) is 0 Å². The van der Waals surface area contributed by atoms with Crippen molar-refractivity contribution in [1.29, 1.82) is 0 Å². The van der Waals surface area contributed by atoms with E-state index >= 15 is 0 Å². The van der Waals surface area contributed by atoms with Gasteiger partial charge in [-0.2, -0.15) is 0 Å². The van der Waals surface area contributed by atoms with E-state index < -0.39 is 0 Å². The SMILES string of the molecule is CC(=O)c1ccc(NC(=O)c2ccc(N3CCCc4ccccc43)nn2)cc1. The Morgan fingerprint density at radius 3 is 2.46 bits per heavy atom. The summed E-state index contributed by atoms with van der Waals surface area (Å²) in [6, 6.07) is 18.5. The number of nitrogens with zero attached hydrogens (tertiary/aromatic N) is 3. The van der Waals surface area contributed by atoms with Crippen LogP contribution in [0.1, 0.15) is 39.8 Å². The van der Waals surface area contributed by atoms with Crippen molar-refractivity contribution in [3.05, 3.63) is 77.5 Å². The monoisotopic (exact) mass is 372 g/mol. The summed E-state index contributed by atoms with van der Waals surface area (Å²) < 4.78 is 0. The maximum Gasteiger partial charge on any atom is 0.276 e. The molecule has 1 aromatic heterocycles. The third-order valence-electron chi connectivity index (χ3n) is 4.82. The Hall–Kier alpha value is -3.54. The summed E-state index contributed by atoms with van der Waals surface area (Å²) in [6.07, 6.45) is 2.11. The lowest BCUT2D eigenvalue weighted by atomic mass is 10.0. The molecule has 4 rings (SSSR count). The number of carbonyl (C=O) groups is 2. The molecule has 1 aliphatic rings. The van der Waals surface area contributed by atoms with Crippen molar-refractivity contribution in [1.82, 2.24) is 10.2 Å². The van der Waals surface area contributed by atoms with Gasteiger partial charge < -0.3 is 10.2 Å². The molecular weight excluding hydrogens is 352 g/mol. The number of carbonyl (C=O) groups excluding carboxylic acids is 2. The van der Waals surface area contributed by atoms with E-state index in [0.29, 0.717) is 11.3 Å². The molecule has 2 heterocycles. The van der Waals surface area contributed by atoms with Crippen LogP contribution in [0.15, 0.2) is 60.7 Å². The van der Waals surface area contributed by atoms with Gasteiger partial charge in [-0.3, -0.25) is 9.59 Å². The number of para-hydroxylation sites is 1. The van der Waals surface area contributed by atoms with Crippen LogP contribution >= 0.6 is 0 Å². The lowest BCUT2D eigenvalue weighted by Crippen LogP contribution is -2.26. The summed E-state index contributed by atoms with van der Waals surface area (Å²) in [6.45, 7) is 2.38. The van der Waals surface area contributed by atoms with Crippen LogP contribution in [-0.4, -0.2) is 28.4 Å². The first kappa shape index (κ1) is 17.9. The molecule has 0 bridgehead atoms. The molecule has 6 heteroatoms. The van der Waals surface area contributed by atoms with Crippen molar-refractivity contribution in [3.8, 4) is 0 Å². The number of anilines is 3. The summed E-state index contributed by atoms with van der Waals surface area (Å²) in [4.78, 5) is 25.9. The van der Waals surface area contributed by atoms with E-state index in [-0.39, 0.29) is 17.4 Å². The number of hydrogen-bond acceptors (Lipinski definition) is 5. The van der Waals surface area contributed by atoms with Crippen LogP contribution in [0.3, 0.4) is 0 Å². The summed E-state index contributed by atoms with van der Waals surface area (Å²) in [5.74, 6) is 0.377. The first-order chi connectivity index (χ1) is 13.6. The van der Waals surface area contributed by atoms with Gasteiger partial charge in [0, 0.05) is 23.5 Å². The molecule has 0 aliphatic carbocycles. The Morgan fingerprint density at radius 1 is 0.964 bits per heavy atom. The van der Waals surface area contributed by atoms with Gasteiger partial charge in [0.1, 0.15) is 0 Å². The fourth-order valence-electron chi connectivity index (χ4n) is 3.35. The predicted octanol–water partition coefficient (Wildman–Crippen LogP) is 4.02. The second kappa shape index (κ2) is 7.60. The standard InChI is InChI=1S/C22H20N4O2/c1-15(27)16-8-10-18(11-9-16)23-22(28)19-12-13-21(25-24-19)26-14-4-6-17-5-2-3-7-20(17)26/h2-3,5,7-13H,4,6,14H2,1H3,(H,23,28). The Kier molecular flexibility index (Phi) is 4.85. The van der Waals surface area contributed by atoms with Gasteiger partial charge in [-0.15, -0.1) is 10.2 Å². The summed E-state index contributed by atoms with van der Waals surface area (Å²) >= 11 is 0. The number of nitrogens with one attached hydrogen (secondary N) is 1. The number of hydrogen-bond donors (Lipinski definition) is 1. The fourth-order valence-corrected chi connectivity index (χ4v) is 3.35. The number of aryl methyl sites for hydroxylation is 1. The zero-order valence-corrected chi connectivity index (χ0v) is 15.6. The van der Waals surface area contributed by atoms with Crippen molar-refractivity contribution >= 4 is 28.9 Å². The molecule has 1 amide bonds. The molecule has 2 aromatic carbocycles. The van der Waals surface area contributed by atoms with Crippen LogP contribution in [0, 0.1) is 0 Å².